The van der Waals surface area contributed by atoms with Gasteiger partial charge in [-0.15, -0.1) is 11.3 Å². The van der Waals surface area contributed by atoms with E-state index in [2.05, 4.69) is 36.2 Å². The third-order valence-electron chi connectivity index (χ3n) is 4.13. The zero-order valence-corrected chi connectivity index (χ0v) is 15.3. The molecule has 0 saturated carbocycles. The number of carbonyl (C=O) groups excluding carboxylic acids is 1. The van der Waals surface area contributed by atoms with Crippen molar-refractivity contribution in [2.45, 2.75) is 45.3 Å². The number of nitrogens with zero attached hydrogens (tertiary/aromatic N) is 5. The molecule has 0 N–H and O–H groups in total. The predicted molar refractivity (Wildman–Crippen MR) is 90.8 cm³/mol. The summed E-state index contributed by atoms with van der Waals surface area (Å²) in [4.78, 5) is 23.2. The average molecular weight is 349 g/mol. The van der Waals surface area contributed by atoms with Gasteiger partial charge in [0.15, 0.2) is 0 Å². The van der Waals surface area contributed by atoms with E-state index in [1.54, 1.807) is 22.3 Å². The summed E-state index contributed by atoms with van der Waals surface area (Å²) in [7, 11) is 0. The first kappa shape index (κ1) is 17.0. The van der Waals surface area contributed by atoms with E-state index in [1.165, 1.54) is 6.33 Å². The second-order valence-electron chi connectivity index (χ2n) is 7.02. The van der Waals surface area contributed by atoms with Crippen molar-refractivity contribution in [3.63, 3.8) is 0 Å². The number of morpholine rings is 1. The Morgan fingerprint density at radius 1 is 1.46 bits per heavy atom. The summed E-state index contributed by atoms with van der Waals surface area (Å²) in [5, 5.41) is 7.07. The van der Waals surface area contributed by atoms with Crippen LogP contribution in [0.5, 0.6) is 0 Å². The van der Waals surface area contributed by atoms with Crippen molar-refractivity contribution in [1.82, 2.24) is 24.6 Å². The molecule has 0 aliphatic carbocycles. The van der Waals surface area contributed by atoms with Gasteiger partial charge in [-0.2, -0.15) is 5.10 Å². The highest BCUT2D eigenvalue weighted by molar-refractivity contribution is 7.09. The highest BCUT2D eigenvalue weighted by Crippen LogP contribution is 2.30. The van der Waals surface area contributed by atoms with E-state index in [-0.39, 0.29) is 23.5 Å². The molecule has 7 nitrogen and oxygen atoms in total. The Hall–Kier alpha value is -1.80. The SMILES string of the molecule is C[C@H](C(=O)N1CCO[C@@H](c2nc(C(C)(C)C)cs2)C1)n1cncn1. The van der Waals surface area contributed by atoms with Crippen molar-refractivity contribution < 1.29 is 9.53 Å². The number of rotatable bonds is 3. The smallest absolute Gasteiger partial charge is 0.247 e. The molecule has 1 amide bonds. The van der Waals surface area contributed by atoms with E-state index in [0.717, 1.165) is 10.7 Å². The summed E-state index contributed by atoms with van der Waals surface area (Å²) in [5.41, 5.74) is 1.08. The first-order valence-corrected chi connectivity index (χ1v) is 8.94. The normalized spacial score (nSPS) is 20.2. The number of ether oxygens (including phenoxy) is 1. The highest BCUT2D eigenvalue weighted by atomic mass is 32.1. The van der Waals surface area contributed by atoms with E-state index < -0.39 is 0 Å². The van der Waals surface area contributed by atoms with Gasteiger partial charge in [0, 0.05) is 17.3 Å². The number of aromatic nitrogens is 4. The van der Waals surface area contributed by atoms with E-state index >= 15 is 0 Å². The second kappa shape index (κ2) is 6.60. The zero-order chi connectivity index (χ0) is 17.3. The second-order valence-corrected chi connectivity index (χ2v) is 7.91. The number of carbonyl (C=O) groups is 1. The Bertz CT molecular complexity index is 692. The van der Waals surface area contributed by atoms with Crippen LogP contribution in [0.15, 0.2) is 18.0 Å². The van der Waals surface area contributed by atoms with E-state index in [0.29, 0.717) is 19.7 Å². The Balaban J connectivity index is 1.70. The monoisotopic (exact) mass is 349 g/mol. The van der Waals surface area contributed by atoms with Crippen molar-refractivity contribution in [3.8, 4) is 0 Å². The molecule has 0 bridgehead atoms. The van der Waals surface area contributed by atoms with Crippen molar-refractivity contribution in [3.05, 3.63) is 28.7 Å². The lowest BCUT2D eigenvalue weighted by Gasteiger charge is -2.33. The lowest BCUT2D eigenvalue weighted by Crippen LogP contribution is -2.45. The van der Waals surface area contributed by atoms with Crippen LogP contribution in [0.1, 0.15) is 50.5 Å². The lowest BCUT2D eigenvalue weighted by atomic mass is 9.93. The molecule has 24 heavy (non-hydrogen) atoms. The van der Waals surface area contributed by atoms with Crippen LogP contribution in [0.3, 0.4) is 0 Å². The van der Waals surface area contributed by atoms with Gasteiger partial charge >= 0.3 is 0 Å². The van der Waals surface area contributed by atoms with Crippen LogP contribution in [0, 0.1) is 0 Å². The van der Waals surface area contributed by atoms with Crippen molar-refractivity contribution in [1.29, 1.82) is 0 Å². The molecule has 3 heterocycles. The van der Waals surface area contributed by atoms with Crippen molar-refractivity contribution in [2.24, 2.45) is 0 Å². The van der Waals surface area contributed by atoms with Crippen LogP contribution < -0.4 is 0 Å². The van der Waals surface area contributed by atoms with Crippen LogP contribution in [-0.2, 0) is 14.9 Å². The third kappa shape index (κ3) is 3.49. The van der Waals surface area contributed by atoms with Gasteiger partial charge in [0.25, 0.3) is 0 Å². The van der Waals surface area contributed by atoms with Crippen molar-refractivity contribution in [2.75, 3.05) is 19.7 Å². The number of hydrogen-bond acceptors (Lipinski definition) is 6. The fraction of sp³-hybridized carbons (Fsp3) is 0.625. The van der Waals surface area contributed by atoms with Crippen LogP contribution >= 0.6 is 11.3 Å². The van der Waals surface area contributed by atoms with Gasteiger partial charge in [0.2, 0.25) is 5.91 Å². The van der Waals surface area contributed by atoms with E-state index in [4.69, 9.17) is 9.72 Å². The molecule has 2 aromatic heterocycles. The average Bonchev–Trinajstić information content (AvgIpc) is 3.24. The molecule has 2 atom stereocenters. The lowest BCUT2D eigenvalue weighted by molar-refractivity contribution is -0.142. The Morgan fingerprint density at radius 2 is 2.25 bits per heavy atom. The predicted octanol–water partition coefficient (Wildman–Crippen LogP) is 2.19. The molecule has 2 aromatic rings. The van der Waals surface area contributed by atoms with Crippen LogP contribution in [-0.4, -0.2) is 50.3 Å². The fourth-order valence-corrected chi connectivity index (χ4v) is 3.66. The summed E-state index contributed by atoms with van der Waals surface area (Å²) >= 11 is 1.60. The molecule has 3 rings (SSSR count). The topological polar surface area (TPSA) is 73.1 Å². The highest BCUT2D eigenvalue weighted by Gasteiger charge is 2.31. The van der Waals surface area contributed by atoms with Gasteiger partial charge in [-0.1, -0.05) is 20.8 Å². The molecular formula is C16H23N5O2S. The third-order valence-corrected chi connectivity index (χ3v) is 5.07. The molecule has 1 fully saturated rings. The van der Waals surface area contributed by atoms with Crippen molar-refractivity contribution >= 4 is 17.2 Å². The summed E-state index contributed by atoms with van der Waals surface area (Å²) in [6.45, 7) is 9.89. The number of amides is 1. The van der Waals surface area contributed by atoms with E-state index in [9.17, 15) is 4.79 Å². The minimum absolute atomic E-state index is 0.0144. The van der Waals surface area contributed by atoms with Crippen LogP contribution in [0.2, 0.25) is 0 Å². The Kier molecular flexibility index (Phi) is 4.69. The molecule has 130 valence electrons. The maximum Gasteiger partial charge on any atom is 0.247 e. The minimum Gasteiger partial charge on any atom is -0.367 e. The first-order chi connectivity index (χ1) is 11.4. The van der Waals surface area contributed by atoms with Gasteiger partial charge < -0.3 is 9.64 Å². The van der Waals surface area contributed by atoms with Gasteiger partial charge in [0.05, 0.1) is 18.8 Å². The van der Waals surface area contributed by atoms with Gasteiger partial charge in [-0.3, -0.25) is 4.79 Å². The molecule has 0 unspecified atom stereocenters. The summed E-state index contributed by atoms with van der Waals surface area (Å²) in [6.07, 6.45) is 2.85. The summed E-state index contributed by atoms with van der Waals surface area (Å²) in [6, 6.07) is -0.368. The number of hydrogen-bond donors (Lipinski definition) is 0. The molecule has 0 radical (unpaired) electrons. The molecule has 1 saturated heterocycles. The van der Waals surface area contributed by atoms with Gasteiger partial charge in [0.1, 0.15) is 29.8 Å². The largest absolute Gasteiger partial charge is 0.367 e. The fourth-order valence-electron chi connectivity index (χ4n) is 2.57. The quantitative estimate of drug-likeness (QED) is 0.849. The molecule has 8 heteroatoms. The molecule has 0 aromatic carbocycles. The summed E-state index contributed by atoms with van der Waals surface area (Å²) < 4.78 is 7.44. The van der Waals surface area contributed by atoms with Gasteiger partial charge in [-0.05, 0) is 6.92 Å². The molecule has 1 aliphatic rings. The molecule has 1 aliphatic heterocycles. The molecular weight excluding hydrogens is 326 g/mol. The Labute approximate surface area is 145 Å². The molecule has 0 spiro atoms. The minimum atomic E-state index is -0.368. The first-order valence-electron chi connectivity index (χ1n) is 8.06. The maximum absolute atomic E-state index is 12.7. The summed E-state index contributed by atoms with van der Waals surface area (Å²) in [5.74, 6) is 0.0291. The zero-order valence-electron chi connectivity index (χ0n) is 14.5. The van der Waals surface area contributed by atoms with Crippen LogP contribution in [0.25, 0.3) is 0 Å². The Morgan fingerprint density at radius 3 is 2.88 bits per heavy atom. The van der Waals surface area contributed by atoms with E-state index in [1.807, 2.05) is 11.8 Å². The van der Waals surface area contributed by atoms with Gasteiger partial charge in [-0.25, -0.2) is 14.6 Å². The maximum atomic E-state index is 12.7. The van der Waals surface area contributed by atoms with Crippen LogP contribution in [0.4, 0.5) is 0 Å². The standard InChI is InChI=1S/C16H23N5O2S/c1-11(21-10-17-9-18-21)15(22)20-5-6-23-12(7-20)14-19-13(8-24-14)16(2,3)4/h8-12H,5-7H2,1-4H3/t11-,12-/m1/s1. The number of thiazole rings is 1.